The van der Waals surface area contributed by atoms with E-state index in [1.165, 1.54) is 0 Å². The highest BCUT2D eigenvalue weighted by atomic mass is 31.1. The molecule has 0 radical (unpaired) electrons. The first-order valence-electron chi connectivity index (χ1n) is 11.3. The molecule has 0 aromatic heterocycles. The average molecular weight is 500 g/mol. The van der Waals surface area contributed by atoms with Gasteiger partial charge < -0.3 is 19.7 Å². The SMILES string of the molecule is O=C(Nc1ccccc1)c1ccc(CO[PH](=O)OCc2ccc(C(=O)Nc3ccccc3)cc2)cc1. The Morgan fingerprint density at radius 3 is 1.28 bits per heavy atom. The molecule has 2 amide bonds. The predicted octanol–water partition coefficient (Wildman–Crippen LogP) is 6.31. The third-order valence-electron chi connectivity index (χ3n) is 5.21. The lowest BCUT2D eigenvalue weighted by molar-refractivity contribution is 0.101. The molecule has 0 fully saturated rings. The first kappa shape index (κ1) is 25.1. The molecule has 4 aromatic carbocycles. The van der Waals surface area contributed by atoms with Gasteiger partial charge in [-0.2, -0.15) is 0 Å². The van der Waals surface area contributed by atoms with Gasteiger partial charge in [0.15, 0.2) is 0 Å². The van der Waals surface area contributed by atoms with Crippen LogP contribution in [0.3, 0.4) is 0 Å². The highest BCUT2D eigenvalue weighted by Crippen LogP contribution is 2.27. The number of benzene rings is 4. The largest absolute Gasteiger partial charge is 0.322 e. The van der Waals surface area contributed by atoms with E-state index < -0.39 is 8.25 Å². The van der Waals surface area contributed by atoms with Crippen LogP contribution in [0.4, 0.5) is 11.4 Å². The van der Waals surface area contributed by atoms with Gasteiger partial charge in [0.05, 0.1) is 13.2 Å². The van der Waals surface area contributed by atoms with Crippen LogP contribution in [0.5, 0.6) is 0 Å². The maximum atomic E-state index is 12.3. The van der Waals surface area contributed by atoms with E-state index in [-0.39, 0.29) is 25.0 Å². The fraction of sp³-hybridized carbons (Fsp3) is 0.0714. The number of nitrogens with one attached hydrogen (secondary N) is 2. The minimum Gasteiger partial charge on any atom is -0.322 e. The second kappa shape index (κ2) is 12.6. The molecule has 0 atom stereocenters. The summed E-state index contributed by atoms with van der Waals surface area (Å²) >= 11 is 0. The van der Waals surface area contributed by atoms with Crippen LogP contribution >= 0.6 is 8.25 Å². The van der Waals surface area contributed by atoms with Crippen molar-refractivity contribution in [1.29, 1.82) is 0 Å². The molecule has 36 heavy (non-hydrogen) atoms. The molecule has 0 aliphatic carbocycles. The number of hydrogen-bond acceptors (Lipinski definition) is 5. The Morgan fingerprint density at radius 1 is 0.556 bits per heavy atom. The van der Waals surface area contributed by atoms with E-state index in [4.69, 9.17) is 9.05 Å². The first-order chi connectivity index (χ1) is 17.6. The minimum atomic E-state index is -2.73. The van der Waals surface area contributed by atoms with Crippen molar-refractivity contribution in [1.82, 2.24) is 0 Å². The van der Waals surface area contributed by atoms with Gasteiger partial charge in [0.2, 0.25) is 0 Å². The lowest BCUT2D eigenvalue weighted by Crippen LogP contribution is -2.11. The Balaban J connectivity index is 1.20. The summed E-state index contributed by atoms with van der Waals surface area (Å²) in [5, 5.41) is 5.65. The topological polar surface area (TPSA) is 93.7 Å². The Kier molecular flexibility index (Phi) is 8.78. The van der Waals surface area contributed by atoms with Gasteiger partial charge in [-0.15, -0.1) is 0 Å². The van der Waals surface area contributed by atoms with Gasteiger partial charge in [-0.3, -0.25) is 14.2 Å². The van der Waals surface area contributed by atoms with Crippen LogP contribution < -0.4 is 10.6 Å². The molecular formula is C28H25N2O5P. The van der Waals surface area contributed by atoms with Crippen molar-refractivity contribution < 1.29 is 23.2 Å². The van der Waals surface area contributed by atoms with Crippen molar-refractivity contribution in [3.8, 4) is 0 Å². The molecule has 8 heteroatoms. The third kappa shape index (κ3) is 7.48. The molecule has 0 saturated heterocycles. The lowest BCUT2D eigenvalue weighted by Gasteiger charge is -2.08. The maximum absolute atomic E-state index is 12.3. The van der Waals surface area contributed by atoms with E-state index >= 15 is 0 Å². The van der Waals surface area contributed by atoms with Crippen molar-refractivity contribution in [2.45, 2.75) is 13.2 Å². The summed E-state index contributed by atoms with van der Waals surface area (Å²) in [7, 11) is -2.73. The number of para-hydroxylation sites is 2. The fourth-order valence-electron chi connectivity index (χ4n) is 3.28. The summed E-state index contributed by atoms with van der Waals surface area (Å²) in [5.74, 6) is -0.428. The van der Waals surface area contributed by atoms with Gasteiger partial charge in [0.25, 0.3) is 11.8 Å². The molecule has 4 aromatic rings. The van der Waals surface area contributed by atoms with Gasteiger partial charge in [0, 0.05) is 22.5 Å². The van der Waals surface area contributed by atoms with E-state index in [9.17, 15) is 14.2 Å². The fourth-order valence-corrected chi connectivity index (χ4v) is 3.93. The predicted molar refractivity (Wildman–Crippen MR) is 140 cm³/mol. The van der Waals surface area contributed by atoms with Gasteiger partial charge in [-0.25, -0.2) is 0 Å². The first-order valence-corrected chi connectivity index (χ1v) is 12.5. The molecule has 0 aliphatic heterocycles. The highest BCUT2D eigenvalue weighted by molar-refractivity contribution is 7.33. The molecule has 0 unspecified atom stereocenters. The number of amides is 2. The Labute approximate surface area is 210 Å². The van der Waals surface area contributed by atoms with Crippen LogP contribution in [-0.4, -0.2) is 11.8 Å². The molecule has 2 N–H and O–H groups in total. The highest BCUT2D eigenvalue weighted by Gasteiger charge is 2.09. The summed E-state index contributed by atoms with van der Waals surface area (Å²) < 4.78 is 22.8. The second-order valence-electron chi connectivity index (χ2n) is 7.86. The third-order valence-corrected chi connectivity index (χ3v) is 5.97. The zero-order chi connectivity index (χ0) is 25.2. The molecule has 0 bridgehead atoms. The summed E-state index contributed by atoms with van der Waals surface area (Å²) in [6.45, 7) is 0.188. The molecular weight excluding hydrogens is 475 g/mol. The molecule has 0 aliphatic rings. The van der Waals surface area contributed by atoms with Crippen molar-refractivity contribution in [3.05, 3.63) is 131 Å². The van der Waals surface area contributed by atoms with Gasteiger partial charge in [-0.1, -0.05) is 60.7 Å². The van der Waals surface area contributed by atoms with Crippen LogP contribution in [0.1, 0.15) is 31.8 Å². The van der Waals surface area contributed by atoms with Crippen LogP contribution in [0, 0.1) is 0 Å². The van der Waals surface area contributed by atoms with E-state index in [0.29, 0.717) is 11.1 Å². The van der Waals surface area contributed by atoms with Crippen LogP contribution in [0.25, 0.3) is 0 Å². The summed E-state index contributed by atoms with van der Waals surface area (Å²) in [4.78, 5) is 24.6. The van der Waals surface area contributed by atoms with Gasteiger partial charge in [-0.05, 0) is 59.7 Å². The van der Waals surface area contributed by atoms with E-state index in [1.807, 2.05) is 60.7 Å². The Morgan fingerprint density at radius 2 is 0.917 bits per heavy atom. The standard InChI is InChI=1S/C28H25N2O5P/c31-27(29-25-7-3-1-4-8-25)23-15-11-21(12-16-23)19-34-36(33)35-20-22-13-17-24(18-14-22)28(32)30-26-9-5-2-6-10-26/h1-18,36H,19-20H2,(H,29,31)(H,30,32). The van der Waals surface area contributed by atoms with Gasteiger partial charge >= 0.3 is 8.25 Å². The van der Waals surface area contributed by atoms with Crippen molar-refractivity contribution in [3.63, 3.8) is 0 Å². The summed E-state index contributed by atoms with van der Waals surface area (Å²) in [5.41, 5.74) is 3.98. The molecule has 4 rings (SSSR count). The monoisotopic (exact) mass is 500 g/mol. The van der Waals surface area contributed by atoms with E-state index in [1.54, 1.807) is 48.5 Å². The number of rotatable bonds is 10. The van der Waals surface area contributed by atoms with Crippen molar-refractivity contribution >= 4 is 31.4 Å². The maximum Gasteiger partial charge on any atom is 0.319 e. The number of carbonyl (C=O) groups excluding carboxylic acids is 2. The van der Waals surface area contributed by atoms with Crippen LogP contribution in [-0.2, 0) is 26.8 Å². The molecule has 182 valence electrons. The molecule has 0 spiro atoms. The average Bonchev–Trinajstić information content (AvgIpc) is 2.92. The number of anilines is 2. The summed E-state index contributed by atoms with van der Waals surface area (Å²) in [6.07, 6.45) is 0. The summed E-state index contributed by atoms with van der Waals surface area (Å²) in [6, 6.07) is 32.1. The van der Waals surface area contributed by atoms with E-state index in [2.05, 4.69) is 10.6 Å². The van der Waals surface area contributed by atoms with Crippen LogP contribution in [0.2, 0.25) is 0 Å². The van der Waals surface area contributed by atoms with Crippen molar-refractivity contribution in [2.75, 3.05) is 10.6 Å². The van der Waals surface area contributed by atoms with Gasteiger partial charge in [0.1, 0.15) is 0 Å². The zero-order valence-corrected chi connectivity index (χ0v) is 20.3. The lowest BCUT2D eigenvalue weighted by atomic mass is 10.1. The Bertz CT molecular complexity index is 1210. The number of carbonyl (C=O) groups is 2. The minimum absolute atomic E-state index is 0.0942. The van der Waals surface area contributed by atoms with Crippen LogP contribution in [0.15, 0.2) is 109 Å². The van der Waals surface area contributed by atoms with E-state index in [0.717, 1.165) is 22.5 Å². The quantitative estimate of drug-likeness (QED) is 0.249. The molecule has 0 saturated carbocycles. The molecule has 7 nitrogen and oxygen atoms in total. The Hall–Kier alpha value is -4.03. The smallest absolute Gasteiger partial charge is 0.319 e. The molecule has 0 heterocycles. The number of hydrogen-bond donors (Lipinski definition) is 2. The van der Waals surface area contributed by atoms with Crippen molar-refractivity contribution in [2.24, 2.45) is 0 Å². The second-order valence-corrected chi connectivity index (χ2v) is 8.94. The normalized spacial score (nSPS) is 10.7. The zero-order valence-electron chi connectivity index (χ0n) is 19.3.